The smallest absolute Gasteiger partial charge is 0.269 e. The quantitative estimate of drug-likeness (QED) is 0.492. The third-order valence-electron chi connectivity index (χ3n) is 2.29. The molecule has 17 heavy (non-hydrogen) atoms. The van der Waals surface area contributed by atoms with E-state index in [4.69, 9.17) is 0 Å². The van der Waals surface area contributed by atoms with Gasteiger partial charge in [0.1, 0.15) is 8.96 Å². The van der Waals surface area contributed by atoms with E-state index in [0.717, 1.165) is 9.13 Å². The second-order valence-corrected chi connectivity index (χ2v) is 6.29. The average molecular weight is 471 g/mol. The van der Waals surface area contributed by atoms with Crippen molar-refractivity contribution in [2.45, 2.75) is 6.54 Å². The molecule has 0 radical (unpaired) electrons. The van der Waals surface area contributed by atoms with Crippen LogP contribution >= 0.6 is 54.5 Å². The van der Waals surface area contributed by atoms with Crippen LogP contribution in [-0.4, -0.2) is 16.7 Å². The Balaban J connectivity index is 2.22. The Hall–Kier alpha value is -0.210. The highest BCUT2D eigenvalue weighted by Crippen LogP contribution is 2.30. The number of hydrogen-bond acceptors (Lipinski definition) is 2. The van der Waals surface area contributed by atoms with E-state index in [0.29, 0.717) is 6.54 Å². The Morgan fingerprint density at radius 3 is 2.24 bits per heavy atom. The molecule has 1 aromatic rings. The second-order valence-electron chi connectivity index (χ2n) is 3.45. The SMILES string of the molecule is O=C1C(Br)=C(Br)C(=O)N1Cc1cccc(I)c1. The van der Waals surface area contributed by atoms with Crippen LogP contribution in [0, 0.1) is 3.57 Å². The van der Waals surface area contributed by atoms with Gasteiger partial charge in [0.15, 0.2) is 0 Å². The molecule has 1 heterocycles. The lowest BCUT2D eigenvalue weighted by Crippen LogP contribution is -2.30. The Morgan fingerprint density at radius 2 is 1.71 bits per heavy atom. The van der Waals surface area contributed by atoms with E-state index in [2.05, 4.69) is 54.5 Å². The van der Waals surface area contributed by atoms with E-state index >= 15 is 0 Å². The first kappa shape index (κ1) is 13.2. The van der Waals surface area contributed by atoms with Crippen LogP contribution in [0.25, 0.3) is 0 Å². The fraction of sp³-hybridized carbons (Fsp3) is 0.0909. The highest BCUT2D eigenvalue weighted by molar-refractivity contribution is 14.1. The van der Waals surface area contributed by atoms with Crippen LogP contribution in [0.4, 0.5) is 0 Å². The minimum absolute atomic E-state index is 0.285. The van der Waals surface area contributed by atoms with Crippen LogP contribution < -0.4 is 0 Å². The molecule has 0 aromatic heterocycles. The summed E-state index contributed by atoms with van der Waals surface area (Å²) in [6.07, 6.45) is 0. The summed E-state index contributed by atoms with van der Waals surface area (Å²) in [5, 5.41) is 0. The summed E-state index contributed by atoms with van der Waals surface area (Å²) in [5.74, 6) is -0.610. The molecule has 88 valence electrons. The van der Waals surface area contributed by atoms with Crippen molar-refractivity contribution in [2.24, 2.45) is 0 Å². The molecule has 3 nitrogen and oxygen atoms in total. The van der Waals surface area contributed by atoms with Crippen LogP contribution in [0.1, 0.15) is 5.56 Å². The number of imide groups is 1. The molecular formula is C11H6Br2INO2. The predicted molar refractivity (Wildman–Crippen MR) is 79.6 cm³/mol. The van der Waals surface area contributed by atoms with Gasteiger partial charge in [-0.15, -0.1) is 0 Å². The second kappa shape index (κ2) is 5.19. The number of benzene rings is 1. The summed E-state index contributed by atoms with van der Waals surface area (Å²) < 4.78 is 1.64. The zero-order valence-electron chi connectivity index (χ0n) is 8.41. The molecule has 0 N–H and O–H groups in total. The number of hydrogen-bond donors (Lipinski definition) is 0. The van der Waals surface area contributed by atoms with Crippen LogP contribution in [0.2, 0.25) is 0 Å². The van der Waals surface area contributed by atoms with Crippen LogP contribution in [-0.2, 0) is 16.1 Å². The van der Waals surface area contributed by atoms with Gasteiger partial charge in [0.25, 0.3) is 11.8 Å². The van der Waals surface area contributed by atoms with E-state index in [1.807, 2.05) is 24.3 Å². The lowest BCUT2D eigenvalue weighted by molar-refractivity contribution is -0.137. The number of nitrogens with zero attached hydrogens (tertiary/aromatic N) is 1. The van der Waals surface area contributed by atoms with Crippen molar-refractivity contribution < 1.29 is 9.59 Å². The molecule has 2 amide bonds. The summed E-state index contributed by atoms with van der Waals surface area (Å²) in [6.45, 7) is 0.290. The van der Waals surface area contributed by atoms with Crippen LogP contribution in [0.5, 0.6) is 0 Å². The molecule has 0 unspecified atom stereocenters. The first-order valence-corrected chi connectivity index (χ1v) is 7.33. The first-order valence-electron chi connectivity index (χ1n) is 4.66. The van der Waals surface area contributed by atoms with Gasteiger partial charge < -0.3 is 0 Å². The van der Waals surface area contributed by atoms with Crippen molar-refractivity contribution >= 4 is 66.3 Å². The molecule has 0 saturated carbocycles. The van der Waals surface area contributed by atoms with Gasteiger partial charge >= 0.3 is 0 Å². The van der Waals surface area contributed by atoms with Crippen molar-refractivity contribution in [3.05, 3.63) is 42.4 Å². The van der Waals surface area contributed by atoms with Gasteiger partial charge in [0, 0.05) is 3.57 Å². The van der Waals surface area contributed by atoms with Gasteiger partial charge in [-0.2, -0.15) is 0 Å². The minimum atomic E-state index is -0.305. The minimum Gasteiger partial charge on any atom is -0.269 e. The maximum absolute atomic E-state index is 11.8. The molecule has 0 bridgehead atoms. The van der Waals surface area contributed by atoms with Gasteiger partial charge in [-0.3, -0.25) is 14.5 Å². The number of carbonyl (C=O) groups is 2. The molecule has 1 aliphatic heterocycles. The maximum atomic E-state index is 11.8. The van der Waals surface area contributed by atoms with Gasteiger partial charge in [0.05, 0.1) is 6.54 Å². The molecule has 0 atom stereocenters. The monoisotopic (exact) mass is 469 g/mol. The third-order valence-corrected chi connectivity index (χ3v) is 4.96. The Kier molecular flexibility index (Phi) is 4.04. The average Bonchev–Trinajstić information content (AvgIpc) is 2.47. The zero-order chi connectivity index (χ0) is 12.6. The van der Waals surface area contributed by atoms with Crippen molar-refractivity contribution in [3.8, 4) is 0 Å². The van der Waals surface area contributed by atoms with E-state index in [1.54, 1.807) is 0 Å². The normalized spacial score (nSPS) is 16.1. The number of carbonyl (C=O) groups excluding carboxylic acids is 2. The fourth-order valence-electron chi connectivity index (χ4n) is 1.48. The summed E-state index contributed by atoms with van der Waals surface area (Å²) in [5.41, 5.74) is 0.932. The Bertz CT molecular complexity index is 518. The van der Waals surface area contributed by atoms with Crippen LogP contribution in [0.15, 0.2) is 33.2 Å². The molecular weight excluding hydrogens is 465 g/mol. The van der Waals surface area contributed by atoms with Crippen molar-refractivity contribution in [1.82, 2.24) is 4.90 Å². The van der Waals surface area contributed by atoms with Crippen molar-refractivity contribution in [3.63, 3.8) is 0 Å². The number of amides is 2. The van der Waals surface area contributed by atoms with Gasteiger partial charge in [0.2, 0.25) is 0 Å². The summed E-state index contributed by atoms with van der Waals surface area (Å²) in [7, 11) is 0. The van der Waals surface area contributed by atoms with E-state index in [1.165, 1.54) is 4.90 Å². The van der Waals surface area contributed by atoms with Crippen LogP contribution in [0.3, 0.4) is 0 Å². The lowest BCUT2D eigenvalue weighted by atomic mass is 10.2. The van der Waals surface area contributed by atoms with Gasteiger partial charge in [-0.05, 0) is 72.1 Å². The fourth-order valence-corrected chi connectivity index (χ4v) is 2.85. The summed E-state index contributed by atoms with van der Waals surface area (Å²) in [4.78, 5) is 24.8. The Morgan fingerprint density at radius 1 is 1.12 bits per heavy atom. The molecule has 1 aliphatic rings. The molecule has 0 fully saturated rings. The third kappa shape index (κ3) is 2.63. The molecule has 0 saturated heterocycles. The molecule has 1 aromatic carbocycles. The van der Waals surface area contributed by atoms with Gasteiger partial charge in [-0.25, -0.2) is 0 Å². The molecule has 2 rings (SSSR count). The van der Waals surface area contributed by atoms with Crippen molar-refractivity contribution in [2.75, 3.05) is 0 Å². The molecule has 0 aliphatic carbocycles. The van der Waals surface area contributed by atoms with E-state index in [-0.39, 0.29) is 20.8 Å². The molecule has 6 heteroatoms. The highest BCUT2D eigenvalue weighted by Gasteiger charge is 2.35. The standard InChI is InChI=1S/C11H6Br2INO2/c12-8-9(13)11(17)15(10(8)16)5-6-2-1-3-7(14)4-6/h1-4H,5H2. The van der Waals surface area contributed by atoms with Crippen molar-refractivity contribution in [1.29, 1.82) is 0 Å². The van der Waals surface area contributed by atoms with E-state index < -0.39 is 0 Å². The summed E-state index contributed by atoms with van der Waals surface area (Å²) >= 11 is 8.39. The van der Waals surface area contributed by atoms with Gasteiger partial charge in [-0.1, -0.05) is 12.1 Å². The number of rotatable bonds is 2. The summed E-state index contributed by atoms with van der Waals surface area (Å²) in [6, 6.07) is 7.70. The zero-order valence-corrected chi connectivity index (χ0v) is 13.7. The highest BCUT2D eigenvalue weighted by atomic mass is 127. The Labute approximate surface area is 129 Å². The lowest BCUT2D eigenvalue weighted by Gasteiger charge is -2.14. The number of halogens is 3. The predicted octanol–water partition coefficient (Wildman–Crippen LogP) is 3.16. The maximum Gasteiger partial charge on any atom is 0.269 e. The van der Waals surface area contributed by atoms with E-state index in [9.17, 15) is 9.59 Å². The molecule has 0 spiro atoms. The topological polar surface area (TPSA) is 37.4 Å². The first-order chi connectivity index (χ1) is 8.00. The largest absolute Gasteiger partial charge is 0.269 e.